The van der Waals surface area contributed by atoms with Crippen LogP contribution in [0, 0.1) is 12.8 Å². The fraction of sp³-hybridized carbons (Fsp3) is 0.450. The number of carbonyl (C=O) groups excluding carboxylic acids is 1. The Morgan fingerprint density at radius 1 is 1.12 bits per heavy atom. The van der Waals surface area contributed by atoms with E-state index in [9.17, 15) is 4.79 Å². The zero-order chi connectivity index (χ0) is 18.5. The molecule has 138 valence electrons. The monoisotopic (exact) mass is 353 g/mol. The van der Waals surface area contributed by atoms with Gasteiger partial charge in [-0.2, -0.15) is 0 Å². The standard InChI is InChI=1S/C20H27N5O/c1-15(2)13-21-20(26)18-12-19(23-14-22-18)25-9-7-24(8-10-25)17-6-4-5-16(3)11-17/h4-6,11-12,14-15H,7-10,13H2,1-3H3,(H,21,26). The van der Waals surface area contributed by atoms with Crippen LogP contribution in [0.1, 0.15) is 29.9 Å². The fourth-order valence-electron chi connectivity index (χ4n) is 3.05. The molecule has 0 atom stereocenters. The Balaban J connectivity index is 1.62. The number of carbonyl (C=O) groups is 1. The number of hydrogen-bond acceptors (Lipinski definition) is 5. The molecule has 1 amide bonds. The summed E-state index contributed by atoms with van der Waals surface area (Å²) in [5.74, 6) is 1.09. The highest BCUT2D eigenvalue weighted by Gasteiger charge is 2.19. The summed E-state index contributed by atoms with van der Waals surface area (Å²) in [6.45, 7) is 10.5. The maximum Gasteiger partial charge on any atom is 0.270 e. The minimum absolute atomic E-state index is 0.138. The van der Waals surface area contributed by atoms with Gasteiger partial charge in [0.1, 0.15) is 17.8 Å². The minimum atomic E-state index is -0.138. The van der Waals surface area contributed by atoms with Crippen molar-refractivity contribution in [3.05, 3.63) is 47.9 Å². The Morgan fingerprint density at radius 3 is 2.54 bits per heavy atom. The molecule has 0 bridgehead atoms. The first-order valence-corrected chi connectivity index (χ1v) is 9.20. The quantitative estimate of drug-likeness (QED) is 0.895. The molecule has 1 aliphatic heterocycles. The number of benzene rings is 1. The SMILES string of the molecule is Cc1cccc(N2CCN(c3cc(C(=O)NCC(C)C)ncn3)CC2)c1. The molecule has 1 saturated heterocycles. The molecule has 1 fully saturated rings. The van der Waals surface area contributed by atoms with E-state index in [0.29, 0.717) is 18.2 Å². The van der Waals surface area contributed by atoms with E-state index < -0.39 is 0 Å². The highest BCUT2D eigenvalue weighted by molar-refractivity contribution is 5.92. The van der Waals surface area contributed by atoms with Crippen molar-refractivity contribution >= 4 is 17.4 Å². The average Bonchev–Trinajstić information content (AvgIpc) is 2.66. The van der Waals surface area contributed by atoms with Crippen LogP contribution in [-0.4, -0.2) is 48.6 Å². The van der Waals surface area contributed by atoms with Crippen LogP contribution < -0.4 is 15.1 Å². The van der Waals surface area contributed by atoms with E-state index in [1.807, 2.05) is 0 Å². The maximum absolute atomic E-state index is 12.2. The fourth-order valence-corrected chi connectivity index (χ4v) is 3.05. The van der Waals surface area contributed by atoms with Gasteiger partial charge < -0.3 is 15.1 Å². The van der Waals surface area contributed by atoms with Gasteiger partial charge in [-0.1, -0.05) is 26.0 Å². The minimum Gasteiger partial charge on any atom is -0.368 e. The number of amides is 1. The van der Waals surface area contributed by atoms with Crippen LogP contribution in [0.3, 0.4) is 0 Å². The van der Waals surface area contributed by atoms with Gasteiger partial charge in [-0.25, -0.2) is 9.97 Å². The lowest BCUT2D eigenvalue weighted by molar-refractivity contribution is 0.0944. The predicted octanol–water partition coefficient (Wildman–Crippen LogP) is 2.50. The zero-order valence-electron chi connectivity index (χ0n) is 15.8. The van der Waals surface area contributed by atoms with Crippen LogP contribution in [0.2, 0.25) is 0 Å². The second kappa shape index (κ2) is 8.17. The van der Waals surface area contributed by atoms with E-state index in [-0.39, 0.29) is 5.91 Å². The molecule has 0 radical (unpaired) electrons. The van der Waals surface area contributed by atoms with Crippen LogP contribution in [0.4, 0.5) is 11.5 Å². The molecule has 0 unspecified atom stereocenters. The molecular weight excluding hydrogens is 326 g/mol. The number of anilines is 2. The van der Waals surface area contributed by atoms with E-state index in [4.69, 9.17) is 0 Å². The molecule has 1 aromatic carbocycles. The van der Waals surface area contributed by atoms with Crippen molar-refractivity contribution in [1.82, 2.24) is 15.3 Å². The van der Waals surface area contributed by atoms with E-state index in [1.165, 1.54) is 17.6 Å². The van der Waals surface area contributed by atoms with Gasteiger partial charge in [0.15, 0.2) is 0 Å². The van der Waals surface area contributed by atoms with E-state index in [1.54, 1.807) is 6.07 Å². The molecule has 0 aliphatic carbocycles. The Bertz CT molecular complexity index is 753. The molecule has 1 N–H and O–H groups in total. The van der Waals surface area contributed by atoms with Crippen LogP contribution in [0.5, 0.6) is 0 Å². The van der Waals surface area contributed by atoms with Crippen LogP contribution in [-0.2, 0) is 0 Å². The highest BCUT2D eigenvalue weighted by atomic mass is 16.1. The summed E-state index contributed by atoms with van der Waals surface area (Å²) in [6.07, 6.45) is 1.48. The second-order valence-electron chi connectivity index (χ2n) is 7.18. The number of nitrogens with zero attached hydrogens (tertiary/aromatic N) is 4. The molecule has 6 heteroatoms. The lowest BCUT2D eigenvalue weighted by Crippen LogP contribution is -2.47. The summed E-state index contributed by atoms with van der Waals surface area (Å²) < 4.78 is 0. The van der Waals surface area contributed by atoms with Crippen LogP contribution in [0.15, 0.2) is 36.7 Å². The molecule has 6 nitrogen and oxygen atoms in total. The number of nitrogens with one attached hydrogen (secondary N) is 1. The number of piperazine rings is 1. The van der Waals surface area contributed by atoms with Gasteiger partial charge >= 0.3 is 0 Å². The van der Waals surface area contributed by atoms with Crippen molar-refractivity contribution < 1.29 is 4.79 Å². The van der Waals surface area contributed by atoms with Gasteiger partial charge in [-0.15, -0.1) is 0 Å². The summed E-state index contributed by atoms with van der Waals surface area (Å²) >= 11 is 0. The number of aromatic nitrogens is 2. The first-order valence-electron chi connectivity index (χ1n) is 9.20. The molecule has 2 heterocycles. The van der Waals surface area contributed by atoms with Gasteiger partial charge in [0.25, 0.3) is 5.91 Å². The van der Waals surface area contributed by atoms with Gasteiger partial charge in [0.2, 0.25) is 0 Å². The van der Waals surface area contributed by atoms with Crippen molar-refractivity contribution in [3.8, 4) is 0 Å². The number of hydrogen-bond donors (Lipinski definition) is 1. The molecule has 0 saturated carbocycles. The van der Waals surface area contributed by atoms with Crippen LogP contribution in [0.25, 0.3) is 0 Å². The average molecular weight is 353 g/mol. The maximum atomic E-state index is 12.2. The van der Waals surface area contributed by atoms with Gasteiger partial charge in [-0.3, -0.25) is 4.79 Å². The smallest absolute Gasteiger partial charge is 0.270 e. The number of rotatable bonds is 5. The molecule has 2 aromatic rings. The molecule has 1 aromatic heterocycles. The predicted molar refractivity (Wildman–Crippen MR) is 105 cm³/mol. The van der Waals surface area contributed by atoms with Crippen molar-refractivity contribution in [2.45, 2.75) is 20.8 Å². The zero-order valence-corrected chi connectivity index (χ0v) is 15.8. The first kappa shape index (κ1) is 18.2. The second-order valence-corrected chi connectivity index (χ2v) is 7.18. The van der Waals surface area contributed by atoms with Crippen molar-refractivity contribution in [3.63, 3.8) is 0 Å². The number of aryl methyl sites for hydroxylation is 1. The molecule has 26 heavy (non-hydrogen) atoms. The van der Waals surface area contributed by atoms with Gasteiger partial charge in [-0.05, 0) is 30.5 Å². The molecule has 1 aliphatic rings. The lowest BCUT2D eigenvalue weighted by atomic mass is 10.2. The van der Waals surface area contributed by atoms with Crippen molar-refractivity contribution in [1.29, 1.82) is 0 Å². The van der Waals surface area contributed by atoms with Crippen LogP contribution >= 0.6 is 0 Å². The van der Waals surface area contributed by atoms with Gasteiger partial charge in [0, 0.05) is 44.5 Å². The molecule has 0 spiro atoms. The van der Waals surface area contributed by atoms with E-state index >= 15 is 0 Å². The van der Waals surface area contributed by atoms with Crippen molar-refractivity contribution in [2.75, 3.05) is 42.5 Å². The summed E-state index contributed by atoms with van der Waals surface area (Å²) in [6, 6.07) is 10.4. The normalized spacial score (nSPS) is 14.6. The topological polar surface area (TPSA) is 61.4 Å². The summed E-state index contributed by atoms with van der Waals surface area (Å²) in [4.78, 5) is 25.3. The van der Waals surface area contributed by atoms with E-state index in [0.717, 1.165) is 32.0 Å². The Labute approximate surface area is 155 Å². The summed E-state index contributed by atoms with van der Waals surface area (Å²) in [5, 5.41) is 2.91. The highest BCUT2D eigenvalue weighted by Crippen LogP contribution is 2.20. The van der Waals surface area contributed by atoms with E-state index in [2.05, 4.69) is 70.1 Å². The Hall–Kier alpha value is -2.63. The van der Waals surface area contributed by atoms with Gasteiger partial charge in [0.05, 0.1) is 0 Å². The molecule has 3 rings (SSSR count). The first-order chi connectivity index (χ1) is 12.5. The summed E-state index contributed by atoms with van der Waals surface area (Å²) in [7, 11) is 0. The summed E-state index contributed by atoms with van der Waals surface area (Å²) in [5.41, 5.74) is 2.97. The Morgan fingerprint density at radius 2 is 1.85 bits per heavy atom. The Kier molecular flexibility index (Phi) is 5.71. The third-order valence-corrected chi connectivity index (χ3v) is 4.53. The largest absolute Gasteiger partial charge is 0.368 e. The lowest BCUT2D eigenvalue weighted by Gasteiger charge is -2.36. The third-order valence-electron chi connectivity index (χ3n) is 4.53. The van der Waals surface area contributed by atoms with Crippen molar-refractivity contribution in [2.24, 2.45) is 5.92 Å². The molecular formula is C20H27N5O. The third kappa shape index (κ3) is 4.50.